The zero-order chi connectivity index (χ0) is 16.2. The van der Waals surface area contributed by atoms with Crippen molar-refractivity contribution in [2.75, 3.05) is 13.1 Å². The van der Waals surface area contributed by atoms with E-state index in [1.807, 2.05) is 31.2 Å². The summed E-state index contributed by atoms with van der Waals surface area (Å²) in [6.07, 6.45) is 2.00. The molecule has 2 aromatic rings. The third-order valence-corrected chi connectivity index (χ3v) is 3.99. The van der Waals surface area contributed by atoms with Gasteiger partial charge in [-0.15, -0.1) is 0 Å². The zero-order valence-corrected chi connectivity index (χ0v) is 13.5. The molecule has 1 atom stereocenters. The minimum atomic E-state index is -0.153. The first-order chi connectivity index (χ1) is 11.2. The Bertz CT molecular complexity index is 695. The van der Waals surface area contributed by atoms with Crippen molar-refractivity contribution >= 4 is 23.2 Å². The molecule has 23 heavy (non-hydrogen) atoms. The second kappa shape index (κ2) is 6.87. The summed E-state index contributed by atoms with van der Waals surface area (Å²) in [6.45, 7) is 2.98. The van der Waals surface area contributed by atoms with E-state index in [1.54, 1.807) is 17.0 Å². The van der Waals surface area contributed by atoms with Gasteiger partial charge in [-0.1, -0.05) is 28.9 Å². The number of carbonyl (C=O) groups is 1. The van der Waals surface area contributed by atoms with Gasteiger partial charge in [-0.05, 0) is 36.8 Å². The molecule has 1 aromatic heterocycles. The number of hydrogen-bond donors (Lipinski definition) is 0. The van der Waals surface area contributed by atoms with Crippen molar-refractivity contribution in [2.45, 2.75) is 19.4 Å². The molecule has 0 fully saturated rings. The van der Waals surface area contributed by atoms with Crippen LogP contribution in [0, 0.1) is 0 Å². The van der Waals surface area contributed by atoms with Gasteiger partial charge < -0.3 is 14.2 Å². The van der Waals surface area contributed by atoms with Crippen molar-refractivity contribution in [2.24, 2.45) is 5.16 Å². The summed E-state index contributed by atoms with van der Waals surface area (Å²) in [4.78, 5) is 19.5. The topological polar surface area (TPSA) is 55.0 Å². The van der Waals surface area contributed by atoms with Crippen molar-refractivity contribution in [3.8, 4) is 0 Å². The van der Waals surface area contributed by atoms with Crippen LogP contribution >= 0.6 is 11.6 Å². The number of oxime groups is 1. The Morgan fingerprint density at radius 2 is 2.13 bits per heavy atom. The van der Waals surface area contributed by atoms with Crippen molar-refractivity contribution in [3.05, 3.63) is 59.0 Å². The highest BCUT2D eigenvalue weighted by molar-refractivity contribution is 6.30. The minimum absolute atomic E-state index is 0.138. The summed E-state index contributed by atoms with van der Waals surface area (Å²) in [5.41, 5.74) is 1.85. The number of amides is 1. The van der Waals surface area contributed by atoms with Gasteiger partial charge in [-0.25, -0.2) is 0 Å². The fourth-order valence-corrected chi connectivity index (χ4v) is 2.62. The molecule has 0 bridgehead atoms. The first-order valence-electron chi connectivity index (χ1n) is 7.48. The molecule has 0 N–H and O–H groups in total. The summed E-state index contributed by atoms with van der Waals surface area (Å²) in [5.74, 6) is 0.199. The highest BCUT2D eigenvalue weighted by Crippen LogP contribution is 2.20. The van der Waals surface area contributed by atoms with Gasteiger partial charge >= 0.3 is 0 Å². The van der Waals surface area contributed by atoms with E-state index in [9.17, 15) is 4.79 Å². The average Bonchev–Trinajstić information content (AvgIpc) is 3.24. The van der Waals surface area contributed by atoms with Crippen LogP contribution in [-0.4, -0.2) is 35.7 Å². The van der Waals surface area contributed by atoms with Crippen LogP contribution in [0.15, 0.2) is 52.2 Å². The van der Waals surface area contributed by atoms with Crippen molar-refractivity contribution in [1.82, 2.24) is 4.90 Å². The Morgan fingerprint density at radius 3 is 2.78 bits per heavy atom. The maximum absolute atomic E-state index is 12.3. The van der Waals surface area contributed by atoms with E-state index >= 15 is 0 Å². The summed E-state index contributed by atoms with van der Waals surface area (Å²) in [7, 11) is 0. The molecule has 0 spiro atoms. The number of furan rings is 1. The third-order valence-electron chi connectivity index (χ3n) is 3.74. The number of rotatable bonds is 5. The van der Waals surface area contributed by atoms with Crippen LogP contribution in [0.3, 0.4) is 0 Å². The molecule has 1 amide bonds. The molecule has 0 aliphatic carbocycles. The Kier molecular flexibility index (Phi) is 4.67. The lowest BCUT2D eigenvalue weighted by atomic mass is 10.0. The van der Waals surface area contributed by atoms with E-state index in [-0.39, 0.29) is 12.0 Å². The second-order valence-electron chi connectivity index (χ2n) is 5.30. The minimum Gasteiger partial charge on any atom is -0.459 e. The lowest BCUT2D eigenvalue weighted by Gasteiger charge is -2.22. The van der Waals surface area contributed by atoms with E-state index in [1.165, 1.54) is 6.26 Å². The largest absolute Gasteiger partial charge is 0.459 e. The Labute approximate surface area is 139 Å². The first kappa shape index (κ1) is 15.6. The van der Waals surface area contributed by atoms with Gasteiger partial charge in [0, 0.05) is 18.0 Å². The molecule has 0 saturated heterocycles. The van der Waals surface area contributed by atoms with Crippen molar-refractivity contribution in [1.29, 1.82) is 0 Å². The van der Waals surface area contributed by atoms with Gasteiger partial charge in [0.05, 0.1) is 18.5 Å². The van der Waals surface area contributed by atoms with Crippen LogP contribution in [0.5, 0.6) is 0 Å². The van der Waals surface area contributed by atoms with Gasteiger partial charge in [0.25, 0.3) is 5.91 Å². The number of nitrogens with zero attached hydrogens (tertiary/aromatic N) is 2. The second-order valence-corrected chi connectivity index (χ2v) is 5.73. The average molecular weight is 333 g/mol. The van der Waals surface area contributed by atoms with Gasteiger partial charge in [0.1, 0.15) is 0 Å². The summed E-state index contributed by atoms with van der Waals surface area (Å²) >= 11 is 5.89. The van der Waals surface area contributed by atoms with E-state index in [2.05, 4.69) is 5.16 Å². The number of hydrogen-bond acceptors (Lipinski definition) is 4. The highest BCUT2D eigenvalue weighted by atomic mass is 35.5. The first-order valence-corrected chi connectivity index (χ1v) is 7.86. The Hall–Kier alpha value is -2.27. The van der Waals surface area contributed by atoms with E-state index in [0.29, 0.717) is 30.3 Å². The van der Waals surface area contributed by atoms with Crippen LogP contribution in [0.2, 0.25) is 5.02 Å². The molecule has 2 heterocycles. The smallest absolute Gasteiger partial charge is 0.289 e. The Morgan fingerprint density at radius 1 is 1.35 bits per heavy atom. The summed E-state index contributed by atoms with van der Waals surface area (Å²) in [5, 5.41) is 4.82. The van der Waals surface area contributed by atoms with E-state index in [0.717, 1.165) is 11.3 Å². The normalized spacial score (nSPS) is 16.8. The van der Waals surface area contributed by atoms with E-state index in [4.69, 9.17) is 20.9 Å². The van der Waals surface area contributed by atoms with Crippen LogP contribution < -0.4 is 0 Å². The van der Waals surface area contributed by atoms with Gasteiger partial charge in [-0.2, -0.15) is 0 Å². The predicted octanol–water partition coefficient (Wildman–Crippen LogP) is 3.59. The molecular weight excluding hydrogens is 316 g/mol. The summed E-state index contributed by atoms with van der Waals surface area (Å²) in [6, 6.07) is 10.8. The van der Waals surface area contributed by atoms with Crippen LogP contribution in [-0.2, 0) is 4.84 Å². The standard InChI is InChI=1S/C17H17ClN2O3/c1-2-20(17(21)16-4-3-9-22-16)11-14-10-15(19-23-14)12-5-7-13(18)8-6-12/h3-9,14H,2,10-11H2,1H3/t14-/m1/s1. The van der Waals surface area contributed by atoms with Crippen molar-refractivity contribution in [3.63, 3.8) is 0 Å². The maximum Gasteiger partial charge on any atom is 0.289 e. The fraction of sp³-hybridized carbons (Fsp3) is 0.294. The van der Waals surface area contributed by atoms with Gasteiger partial charge in [0.2, 0.25) is 0 Å². The SMILES string of the molecule is CCN(C[C@H]1CC(c2ccc(Cl)cc2)=NO1)C(=O)c1ccco1. The fourth-order valence-electron chi connectivity index (χ4n) is 2.50. The van der Waals surface area contributed by atoms with Crippen LogP contribution in [0.1, 0.15) is 29.5 Å². The molecule has 1 aromatic carbocycles. The molecule has 6 heteroatoms. The molecule has 0 saturated carbocycles. The molecule has 120 valence electrons. The van der Waals surface area contributed by atoms with Gasteiger partial charge in [-0.3, -0.25) is 4.79 Å². The maximum atomic E-state index is 12.3. The van der Waals surface area contributed by atoms with E-state index < -0.39 is 0 Å². The molecule has 0 unspecified atom stereocenters. The molecule has 3 rings (SSSR count). The quantitative estimate of drug-likeness (QED) is 0.840. The monoisotopic (exact) mass is 332 g/mol. The van der Waals surface area contributed by atoms with Crippen molar-refractivity contribution < 1.29 is 14.0 Å². The number of halogens is 1. The van der Waals surface area contributed by atoms with Crippen LogP contribution in [0.4, 0.5) is 0 Å². The molecule has 1 aliphatic rings. The number of benzene rings is 1. The predicted molar refractivity (Wildman–Crippen MR) is 87.8 cm³/mol. The van der Waals surface area contributed by atoms with Gasteiger partial charge in [0.15, 0.2) is 11.9 Å². The lowest BCUT2D eigenvalue weighted by Crippen LogP contribution is -2.37. The Balaban J connectivity index is 1.61. The summed E-state index contributed by atoms with van der Waals surface area (Å²) < 4.78 is 5.17. The van der Waals surface area contributed by atoms with Crippen LogP contribution in [0.25, 0.3) is 0 Å². The number of likely N-dealkylation sites (N-methyl/N-ethyl adjacent to an activating group) is 1. The molecule has 1 aliphatic heterocycles. The highest BCUT2D eigenvalue weighted by Gasteiger charge is 2.27. The molecule has 0 radical (unpaired) electrons. The molecular formula is C17H17ClN2O3. The zero-order valence-electron chi connectivity index (χ0n) is 12.7. The number of carbonyl (C=O) groups excluding carboxylic acids is 1. The lowest BCUT2D eigenvalue weighted by molar-refractivity contribution is 0.0418. The third kappa shape index (κ3) is 3.56. The molecule has 5 nitrogen and oxygen atoms in total.